The predicted molar refractivity (Wildman–Crippen MR) is 132 cm³/mol. The van der Waals surface area contributed by atoms with Gasteiger partial charge in [0.25, 0.3) is 0 Å². The molecule has 0 spiro atoms. The van der Waals surface area contributed by atoms with Crippen molar-refractivity contribution in [3.8, 4) is 34.5 Å². The van der Waals surface area contributed by atoms with Crippen molar-refractivity contribution in [3.05, 3.63) is 60.0 Å². The molecule has 0 saturated heterocycles. The van der Waals surface area contributed by atoms with Crippen LogP contribution >= 0.6 is 0 Å². The topological polar surface area (TPSA) is 149 Å². The molecule has 180 valence electrons. The molecule has 5 rings (SSSR count). The van der Waals surface area contributed by atoms with Crippen LogP contribution in [0, 0.1) is 11.3 Å². The summed E-state index contributed by atoms with van der Waals surface area (Å²) in [5, 5.41) is 12.0. The number of primary amides is 1. The minimum absolute atomic E-state index is 0.0397. The van der Waals surface area contributed by atoms with E-state index in [0.717, 1.165) is 35.0 Å². The number of carbonyl (C=O) groups is 2. The second-order valence-corrected chi connectivity index (χ2v) is 8.58. The fourth-order valence-electron chi connectivity index (χ4n) is 4.22. The van der Waals surface area contributed by atoms with Gasteiger partial charge in [-0.15, -0.1) is 0 Å². The van der Waals surface area contributed by atoms with Crippen LogP contribution in [-0.4, -0.2) is 38.6 Å². The molecule has 0 bridgehead atoms. The van der Waals surface area contributed by atoms with Gasteiger partial charge in [-0.3, -0.25) is 9.78 Å². The number of hydrogen-bond acceptors (Lipinski definition) is 7. The zero-order valence-electron chi connectivity index (χ0n) is 19.6. The van der Waals surface area contributed by atoms with Gasteiger partial charge in [-0.05, 0) is 54.7 Å². The Morgan fingerprint density at radius 2 is 2.03 bits per heavy atom. The van der Waals surface area contributed by atoms with Crippen LogP contribution in [0.2, 0.25) is 0 Å². The molecule has 3 N–H and O–H groups in total. The van der Waals surface area contributed by atoms with E-state index in [0.29, 0.717) is 35.5 Å². The van der Waals surface area contributed by atoms with Gasteiger partial charge < -0.3 is 20.4 Å². The Bertz CT molecular complexity index is 1530. The van der Waals surface area contributed by atoms with Gasteiger partial charge >= 0.3 is 6.09 Å². The molecule has 10 nitrogen and oxygen atoms in total. The van der Waals surface area contributed by atoms with Gasteiger partial charge in [-0.2, -0.15) is 5.26 Å². The van der Waals surface area contributed by atoms with Crippen LogP contribution in [0.3, 0.4) is 0 Å². The summed E-state index contributed by atoms with van der Waals surface area (Å²) in [6.45, 7) is 0.514. The van der Waals surface area contributed by atoms with Crippen molar-refractivity contribution in [3.63, 3.8) is 0 Å². The van der Waals surface area contributed by atoms with Crippen molar-refractivity contribution in [1.82, 2.24) is 24.8 Å². The highest BCUT2D eigenvalue weighted by molar-refractivity contribution is 5.84. The number of ether oxygens (including phenoxy) is 1. The van der Waals surface area contributed by atoms with Crippen LogP contribution in [0.25, 0.3) is 33.5 Å². The van der Waals surface area contributed by atoms with E-state index in [2.05, 4.69) is 26.3 Å². The van der Waals surface area contributed by atoms with E-state index in [-0.39, 0.29) is 17.7 Å². The molecular formula is C26H23N7O3. The number of nitrogens with two attached hydrogens (primary N) is 1. The van der Waals surface area contributed by atoms with E-state index in [4.69, 9.17) is 10.5 Å². The van der Waals surface area contributed by atoms with Crippen molar-refractivity contribution < 1.29 is 14.3 Å². The normalized spacial score (nSPS) is 12.8. The van der Waals surface area contributed by atoms with Gasteiger partial charge in [0, 0.05) is 31.8 Å². The van der Waals surface area contributed by atoms with Crippen molar-refractivity contribution in [1.29, 1.82) is 5.26 Å². The number of nitrogens with zero attached hydrogens (tertiary/aromatic N) is 5. The van der Waals surface area contributed by atoms with Gasteiger partial charge in [-0.1, -0.05) is 6.07 Å². The first-order valence-electron chi connectivity index (χ1n) is 11.5. The molecule has 0 aliphatic heterocycles. The molecule has 0 atom stereocenters. The summed E-state index contributed by atoms with van der Waals surface area (Å²) in [5.41, 5.74) is 10.9. The van der Waals surface area contributed by atoms with Crippen LogP contribution in [0.1, 0.15) is 36.3 Å². The number of aromatic nitrogens is 4. The Morgan fingerprint density at radius 1 is 1.19 bits per heavy atom. The molecule has 1 aliphatic rings. The maximum Gasteiger partial charge on any atom is 0.411 e. The van der Waals surface area contributed by atoms with E-state index in [1.807, 2.05) is 28.8 Å². The Labute approximate surface area is 206 Å². The van der Waals surface area contributed by atoms with E-state index < -0.39 is 6.09 Å². The fraction of sp³-hybridized carbons (Fsp3) is 0.231. The highest BCUT2D eigenvalue weighted by atomic mass is 16.6. The third-order valence-corrected chi connectivity index (χ3v) is 6.15. The zero-order chi connectivity index (χ0) is 25.2. The van der Waals surface area contributed by atoms with E-state index in [1.54, 1.807) is 31.7 Å². The number of aryl methyl sites for hydroxylation is 1. The number of amides is 2. The van der Waals surface area contributed by atoms with Crippen LogP contribution in [0.4, 0.5) is 4.79 Å². The van der Waals surface area contributed by atoms with E-state index in [9.17, 15) is 14.9 Å². The Balaban J connectivity index is 1.60. The van der Waals surface area contributed by atoms with E-state index in [1.165, 1.54) is 0 Å². The highest BCUT2D eigenvalue weighted by Crippen LogP contribution is 2.48. The first-order chi connectivity index (χ1) is 17.5. The van der Waals surface area contributed by atoms with Crippen LogP contribution < -0.4 is 15.8 Å². The summed E-state index contributed by atoms with van der Waals surface area (Å²) in [6.07, 6.45) is 4.59. The maximum atomic E-state index is 11.8. The maximum absolute atomic E-state index is 11.8. The quantitative estimate of drug-likeness (QED) is 0.410. The molecule has 36 heavy (non-hydrogen) atoms. The number of carbonyl (C=O) groups excluding carboxylic acids is 2. The summed E-state index contributed by atoms with van der Waals surface area (Å²) < 4.78 is 7.28. The zero-order valence-corrected chi connectivity index (χ0v) is 19.6. The number of rotatable bonds is 7. The highest BCUT2D eigenvalue weighted by Gasteiger charge is 2.31. The lowest BCUT2D eigenvalue weighted by atomic mass is 9.98. The number of imidazole rings is 1. The Hall–Kier alpha value is -4.78. The van der Waals surface area contributed by atoms with Crippen LogP contribution in [0.15, 0.2) is 48.9 Å². The molecule has 4 aromatic rings. The standard InChI is InChI=1S/C26H23N7O3/c1-29-23(34)7-9-33-14-31-20-11-17(4-5-22(20)33)19-12-18(16-2-3-16)24(25(32-19)36-26(28)35)21-10-15(13-27)6-8-30-21/h4-6,8,10-12,14,16H,2-3,7,9H2,1H3,(H2,28,35)(H,29,34). The summed E-state index contributed by atoms with van der Waals surface area (Å²) in [4.78, 5) is 36.9. The molecule has 1 aromatic carbocycles. The van der Waals surface area contributed by atoms with Gasteiger partial charge in [0.1, 0.15) is 0 Å². The minimum atomic E-state index is -0.982. The summed E-state index contributed by atoms with van der Waals surface area (Å²) >= 11 is 0. The molecule has 1 fully saturated rings. The molecular weight excluding hydrogens is 458 g/mol. The van der Waals surface area contributed by atoms with E-state index >= 15 is 0 Å². The molecule has 1 aliphatic carbocycles. The molecule has 0 radical (unpaired) electrons. The first-order valence-corrected chi connectivity index (χ1v) is 11.5. The fourth-order valence-corrected chi connectivity index (χ4v) is 4.22. The average molecular weight is 482 g/mol. The average Bonchev–Trinajstić information content (AvgIpc) is 3.66. The number of pyridine rings is 2. The van der Waals surface area contributed by atoms with Crippen molar-refractivity contribution in [2.75, 3.05) is 7.05 Å². The van der Waals surface area contributed by atoms with Crippen LogP contribution in [0.5, 0.6) is 5.88 Å². The monoisotopic (exact) mass is 481 g/mol. The SMILES string of the molecule is CNC(=O)CCn1cnc2cc(-c3cc(C4CC4)c(-c4cc(C#N)ccn4)c(OC(N)=O)n3)ccc21. The first kappa shape index (κ1) is 23.0. The van der Waals surface area contributed by atoms with Gasteiger partial charge in [0.05, 0.1) is 45.9 Å². The minimum Gasteiger partial charge on any atom is -0.391 e. The Morgan fingerprint density at radius 3 is 2.75 bits per heavy atom. The lowest BCUT2D eigenvalue weighted by molar-refractivity contribution is -0.120. The summed E-state index contributed by atoms with van der Waals surface area (Å²) in [7, 11) is 1.61. The molecule has 3 heterocycles. The number of benzene rings is 1. The number of nitrogens with one attached hydrogen (secondary N) is 1. The lowest BCUT2D eigenvalue weighted by Crippen LogP contribution is -2.19. The third-order valence-electron chi connectivity index (χ3n) is 6.15. The van der Waals surface area contributed by atoms with Crippen LogP contribution in [-0.2, 0) is 11.3 Å². The Kier molecular flexibility index (Phi) is 6.04. The summed E-state index contributed by atoms with van der Waals surface area (Å²) in [6, 6.07) is 13.1. The number of nitriles is 1. The summed E-state index contributed by atoms with van der Waals surface area (Å²) in [5.74, 6) is 0.278. The van der Waals surface area contributed by atoms with Gasteiger partial charge in [0.2, 0.25) is 11.8 Å². The number of hydrogen-bond donors (Lipinski definition) is 2. The second kappa shape index (κ2) is 9.46. The third kappa shape index (κ3) is 4.59. The lowest BCUT2D eigenvalue weighted by Gasteiger charge is -2.15. The largest absolute Gasteiger partial charge is 0.411 e. The number of fused-ring (bicyclic) bond motifs is 1. The molecule has 2 amide bonds. The molecule has 10 heteroatoms. The van der Waals surface area contributed by atoms with Crippen molar-refractivity contribution in [2.45, 2.75) is 31.7 Å². The van der Waals surface area contributed by atoms with Crippen molar-refractivity contribution >= 4 is 23.0 Å². The predicted octanol–water partition coefficient (Wildman–Crippen LogP) is 3.50. The smallest absolute Gasteiger partial charge is 0.391 e. The van der Waals surface area contributed by atoms with Gasteiger partial charge in [-0.25, -0.2) is 14.8 Å². The second-order valence-electron chi connectivity index (χ2n) is 8.58. The van der Waals surface area contributed by atoms with Crippen molar-refractivity contribution in [2.24, 2.45) is 5.73 Å². The molecule has 0 unspecified atom stereocenters. The molecule has 3 aromatic heterocycles. The van der Waals surface area contributed by atoms with Gasteiger partial charge in [0.15, 0.2) is 0 Å². The molecule has 1 saturated carbocycles.